The number of nitrogens with zero attached hydrogens (tertiary/aromatic N) is 5. The predicted molar refractivity (Wildman–Crippen MR) is 74.4 cm³/mol. The lowest BCUT2D eigenvalue weighted by Crippen LogP contribution is -2.42. The van der Waals surface area contributed by atoms with Gasteiger partial charge in [-0.1, -0.05) is 0 Å². The Kier molecular flexibility index (Phi) is 2.70. The number of amides is 1. The van der Waals surface area contributed by atoms with Crippen molar-refractivity contribution >= 4 is 5.91 Å². The lowest BCUT2D eigenvalue weighted by molar-refractivity contribution is 0.0637. The molecule has 1 fully saturated rings. The largest absolute Gasteiger partial charge is 0.327 e. The van der Waals surface area contributed by atoms with E-state index in [0.717, 1.165) is 36.3 Å². The molecular formula is C15H15N5O. The van der Waals surface area contributed by atoms with Crippen LogP contribution in [0.1, 0.15) is 46.5 Å². The third kappa shape index (κ3) is 1.90. The molecule has 21 heavy (non-hydrogen) atoms. The lowest BCUT2D eigenvalue weighted by atomic mass is 9.99. The van der Waals surface area contributed by atoms with E-state index in [4.69, 9.17) is 0 Å². The minimum Gasteiger partial charge on any atom is -0.327 e. The Balaban J connectivity index is 1.73. The summed E-state index contributed by atoms with van der Waals surface area (Å²) in [5.74, 6) is 0.753. The van der Waals surface area contributed by atoms with Gasteiger partial charge in [0.05, 0.1) is 17.9 Å². The van der Waals surface area contributed by atoms with Gasteiger partial charge in [0.1, 0.15) is 11.5 Å². The number of fused-ring (bicyclic) bond motifs is 4. The van der Waals surface area contributed by atoms with E-state index in [-0.39, 0.29) is 18.0 Å². The van der Waals surface area contributed by atoms with E-state index >= 15 is 0 Å². The standard InChI is InChI=1S/C15H15N5O/c1-9-18-7-11-12(19-9)6-10-2-3-14(11)20(10)15(21)13-8-16-4-5-17-13/h4-5,7-8,10,14H,2-3,6H2,1H3. The Morgan fingerprint density at radius 2 is 2.14 bits per heavy atom. The molecule has 106 valence electrons. The summed E-state index contributed by atoms with van der Waals surface area (Å²) >= 11 is 0. The molecule has 0 saturated carbocycles. The van der Waals surface area contributed by atoms with Crippen LogP contribution in [-0.2, 0) is 6.42 Å². The Hall–Kier alpha value is -2.37. The molecule has 0 spiro atoms. The summed E-state index contributed by atoms with van der Waals surface area (Å²) in [7, 11) is 0. The summed E-state index contributed by atoms with van der Waals surface area (Å²) in [6.45, 7) is 1.90. The van der Waals surface area contributed by atoms with E-state index < -0.39 is 0 Å². The highest BCUT2D eigenvalue weighted by Gasteiger charge is 2.43. The molecule has 2 aromatic rings. The molecule has 6 heteroatoms. The Morgan fingerprint density at radius 3 is 2.95 bits per heavy atom. The average molecular weight is 281 g/mol. The summed E-state index contributed by atoms with van der Waals surface area (Å²) in [5, 5.41) is 0. The Morgan fingerprint density at radius 1 is 1.24 bits per heavy atom. The van der Waals surface area contributed by atoms with Gasteiger partial charge >= 0.3 is 0 Å². The SMILES string of the molecule is Cc1ncc2c(n1)CC1CCC2N1C(=O)c1cnccn1. The van der Waals surface area contributed by atoms with E-state index in [1.165, 1.54) is 6.20 Å². The van der Waals surface area contributed by atoms with Crippen molar-refractivity contribution in [2.24, 2.45) is 0 Å². The molecule has 2 atom stereocenters. The van der Waals surface area contributed by atoms with Crippen molar-refractivity contribution in [1.82, 2.24) is 24.8 Å². The normalized spacial score (nSPS) is 23.0. The fraction of sp³-hybridized carbons (Fsp3) is 0.400. The molecule has 2 bridgehead atoms. The van der Waals surface area contributed by atoms with Crippen LogP contribution in [-0.4, -0.2) is 36.8 Å². The lowest BCUT2D eigenvalue weighted by Gasteiger charge is -2.35. The second-order valence-electron chi connectivity index (χ2n) is 5.57. The first-order valence-corrected chi connectivity index (χ1v) is 7.15. The maximum atomic E-state index is 12.7. The summed E-state index contributed by atoms with van der Waals surface area (Å²) < 4.78 is 0. The number of hydrogen-bond acceptors (Lipinski definition) is 5. The second kappa shape index (κ2) is 4.58. The summed E-state index contributed by atoms with van der Waals surface area (Å²) in [6, 6.07) is 0.292. The van der Waals surface area contributed by atoms with Crippen molar-refractivity contribution in [1.29, 1.82) is 0 Å². The van der Waals surface area contributed by atoms with Crippen LogP contribution in [0.5, 0.6) is 0 Å². The van der Waals surface area contributed by atoms with E-state index in [1.54, 1.807) is 12.4 Å². The zero-order chi connectivity index (χ0) is 14.4. The fourth-order valence-electron chi connectivity index (χ4n) is 3.43. The molecule has 1 amide bonds. The molecule has 2 aromatic heterocycles. The first-order valence-electron chi connectivity index (χ1n) is 7.15. The third-order valence-electron chi connectivity index (χ3n) is 4.33. The van der Waals surface area contributed by atoms with Gasteiger partial charge in [-0.25, -0.2) is 15.0 Å². The van der Waals surface area contributed by atoms with E-state index in [9.17, 15) is 4.79 Å². The van der Waals surface area contributed by atoms with Crippen molar-refractivity contribution in [2.75, 3.05) is 0 Å². The fourth-order valence-corrected chi connectivity index (χ4v) is 3.43. The van der Waals surface area contributed by atoms with Gasteiger partial charge in [-0.15, -0.1) is 0 Å². The Labute approximate surface area is 122 Å². The highest BCUT2D eigenvalue weighted by Crippen LogP contribution is 2.43. The van der Waals surface area contributed by atoms with Crippen LogP contribution in [0.25, 0.3) is 0 Å². The number of hydrogen-bond donors (Lipinski definition) is 0. The molecular weight excluding hydrogens is 266 g/mol. The number of rotatable bonds is 1. The van der Waals surface area contributed by atoms with Crippen molar-refractivity contribution in [3.05, 3.63) is 47.6 Å². The summed E-state index contributed by atoms with van der Waals surface area (Å²) in [6.07, 6.45) is 9.32. The van der Waals surface area contributed by atoms with Gasteiger partial charge in [0.2, 0.25) is 0 Å². The van der Waals surface area contributed by atoms with Gasteiger partial charge in [-0.3, -0.25) is 9.78 Å². The molecule has 6 nitrogen and oxygen atoms in total. The monoisotopic (exact) mass is 281 g/mol. The quantitative estimate of drug-likeness (QED) is 0.791. The minimum atomic E-state index is -0.0400. The maximum Gasteiger partial charge on any atom is 0.274 e. The number of aromatic nitrogens is 4. The third-order valence-corrected chi connectivity index (χ3v) is 4.33. The molecule has 0 aliphatic carbocycles. The molecule has 0 N–H and O–H groups in total. The minimum absolute atomic E-state index is 0.0400. The van der Waals surface area contributed by atoms with E-state index in [2.05, 4.69) is 19.9 Å². The van der Waals surface area contributed by atoms with Gasteiger partial charge in [-0.2, -0.15) is 0 Å². The molecule has 0 aromatic carbocycles. The van der Waals surface area contributed by atoms with Crippen LogP contribution in [0.2, 0.25) is 0 Å². The van der Waals surface area contributed by atoms with Crippen LogP contribution in [0.15, 0.2) is 24.8 Å². The number of carbonyl (C=O) groups excluding carboxylic acids is 1. The van der Waals surface area contributed by atoms with Gasteiger partial charge in [-0.05, 0) is 19.8 Å². The van der Waals surface area contributed by atoms with Gasteiger partial charge < -0.3 is 4.90 Å². The molecule has 4 heterocycles. The zero-order valence-electron chi connectivity index (χ0n) is 11.7. The topological polar surface area (TPSA) is 71.9 Å². The van der Waals surface area contributed by atoms with Crippen molar-refractivity contribution in [3.8, 4) is 0 Å². The van der Waals surface area contributed by atoms with Crippen LogP contribution in [0.4, 0.5) is 0 Å². The highest BCUT2D eigenvalue weighted by atomic mass is 16.2. The molecule has 2 aliphatic rings. The smallest absolute Gasteiger partial charge is 0.274 e. The van der Waals surface area contributed by atoms with Crippen LogP contribution in [0.3, 0.4) is 0 Å². The van der Waals surface area contributed by atoms with Crippen LogP contribution < -0.4 is 0 Å². The second-order valence-corrected chi connectivity index (χ2v) is 5.57. The number of aryl methyl sites for hydroxylation is 1. The molecule has 2 unspecified atom stereocenters. The van der Waals surface area contributed by atoms with Gasteiger partial charge in [0, 0.05) is 36.6 Å². The van der Waals surface area contributed by atoms with Crippen molar-refractivity contribution in [2.45, 2.75) is 38.3 Å². The Bertz CT molecular complexity index is 702. The molecule has 4 rings (SSSR count). The molecule has 0 radical (unpaired) electrons. The van der Waals surface area contributed by atoms with Crippen LogP contribution >= 0.6 is 0 Å². The maximum absolute atomic E-state index is 12.7. The highest BCUT2D eigenvalue weighted by molar-refractivity contribution is 5.93. The molecule has 1 saturated heterocycles. The average Bonchev–Trinajstić information content (AvgIpc) is 2.82. The predicted octanol–water partition coefficient (Wildman–Crippen LogP) is 1.48. The first kappa shape index (κ1) is 12.4. The van der Waals surface area contributed by atoms with E-state index in [0.29, 0.717) is 5.69 Å². The zero-order valence-corrected chi connectivity index (χ0v) is 11.7. The van der Waals surface area contributed by atoms with Gasteiger partial charge in [0.25, 0.3) is 5.91 Å². The van der Waals surface area contributed by atoms with Gasteiger partial charge in [0.15, 0.2) is 0 Å². The van der Waals surface area contributed by atoms with E-state index in [1.807, 2.05) is 18.0 Å². The first-order chi connectivity index (χ1) is 10.2. The van der Waals surface area contributed by atoms with Crippen molar-refractivity contribution < 1.29 is 4.79 Å². The number of carbonyl (C=O) groups is 1. The van der Waals surface area contributed by atoms with Crippen LogP contribution in [0, 0.1) is 6.92 Å². The summed E-state index contributed by atoms with van der Waals surface area (Å²) in [5.41, 5.74) is 2.59. The van der Waals surface area contributed by atoms with Crippen molar-refractivity contribution in [3.63, 3.8) is 0 Å². The summed E-state index contributed by atoms with van der Waals surface area (Å²) in [4.78, 5) is 31.6. The molecule has 2 aliphatic heterocycles.